The Balaban J connectivity index is 2.25. The molecule has 42 heavy (non-hydrogen) atoms. The summed E-state index contributed by atoms with van der Waals surface area (Å²) in [6.07, 6.45) is -1.68. The van der Waals surface area contributed by atoms with E-state index in [0.717, 1.165) is 0 Å². The van der Waals surface area contributed by atoms with Crippen molar-refractivity contribution in [2.75, 3.05) is 0 Å². The summed E-state index contributed by atoms with van der Waals surface area (Å²) in [4.78, 5) is 73.2. The van der Waals surface area contributed by atoms with E-state index < -0.39 is 66.2 Å². The van der Waals surface area contributed by atoms with Gasteiger partial charge in [0.2, 0.25) is 23.6 Å². The normalized spacial score (nSPS) is 13.5. The summed E-state index contributed by atoms with van der Waals surface area (Å²) in [5, 5.41) is 44.2. The molecule has 2 rings (SSSR count). The lowest BCUT2D eigenvalue weighted by atomic mass is 10.0. The van der Waals surface area contributed by atoms with Crippen molar-refractivity contribution in [2.24, 2.45) is 11.5 Å². The van der Waals surface area contributed by atoms with E-state index in [-0.39, 0.29) is 37.2 Å². The zero-order valence-electron chi connectivity index (χ0n) is 22.4. The average Bonchev–Trinajstić information content (AvgIpc) is 2.91. The quantitative estimate of drug-likeness (QED) is 0.109. The molecule has 0 heterocycles. The number of rotatable bonds is 16. The minimum absolute atomic E-state index is 0.0171. The van der Waals surface area contributed by atoms with Crippen molar-refractivity contribution in [2.45, 2.75) is 56.3 Å². The fourth-order valence-electron chi connectivity index (χ4n) is 3.81. The van der Waals surface area contributed by atoms with Gasteiger partial charge in [-0.05, 0) is 48.2 Å². The Kier molecular flexibility index (Phi) is 12.2. The van der Waals surface area contributed by atoms with Crippen molar-refractivity contribution in [3.05, 3.63) is 59.7 Å². The van der Waals surface area contributed by atoms with Gasteiger partial charge in [-0.25, -0.2) is 4.79 Å². The van der Waals surface area contributed by atoms with E-state index in [1.165, 1.54) is 36.4 Å². The summed E-state index contributed by atoms with van der Waals surface area (Å²) < 4.78 is 0. The molecule has 2 aromatic carbocycles. The number of phenols is 2. The van der Waals surface area contributed by atoms with Gasteiger partial charge < -0.3 is 47.8 Å². The van der Waals surface area contributed by atoms with Crippen LogP contribution in [0.2, 0.25) is 0 Å². The molecular formula is C27H33N5O10. The smallest absolute Gasteiger partial charge is 0.326 e. The molecule has 0 aliphatic heterocycles. The van der Waals surface area contributed by atoms with Crippen molar-refractivity contribution in [3.63, 3.8) is 0 Å². The number of carbonyl (C=O) groups is 6. The number of hydrogen-bond acceptors (Lipinski definition) is 9. The molecule has 0 radical (unpaired) electrons. The first-order valence-electron chi connectivity index (χ1n) is 12.7. The number of aromatic hydroxyl groups is 2. The highest BCUT2D eigenvalue weighted by molar-refractivity contribution is 5.95. The molecule has 4 unspecified atom stereocenters. The van der Waals surface area contributed by atoms with Crippen LogP contribution in [0.4, 0.5) is 0 Å². The Hall–Kier alpha value is -5.18. The Labute approximate surface area is 239 Å². The number of nitrogens with one attached hydrogen (secondary N) is 3. The highest BCUT2D eigenvalue weighted by Crippen LogP contribution is 2.13. The Bertz CT molecular complexity index is 1280. The number of phenolic OH excluding ortho intramolecular Hbond substituents is 2. The fraction of sp³-hybridized carbons (Fsp3) is 0.333. The van der Waals surface area contributed by atoms with Gasteiger partial charge in [-0.1, -0.05) is 24.3 Å². The molecule has 15 nitrogen and oxygen atoms in total. The molecule has 0 spiro atoms. The van der Waals surface area contributed by atoms with Crippen molar-refractivity contribution in [3.8, 4) is 11.5 Å². The number of amides is 4. The van der Waals surface area contributed by atoms with Gasteiger partial charge >= 0.3 is 11.9 Å². The molecule has 226 valence electrons. The summed E-state index contributed by atoms with van der Waals surface area (Å²) in [5.74, 6) is -6.65. The maximum Gasteiger partial charge on any atom is 0.326 e. The fourth-order valence-corrected chi connectivity index (χ4v) is 3.81. The standard InChI is InChI=1S/C27H33N5O10/c28-18(11-14-1-5-16(33)6-2-14)24(38)30-19(9-10-22(29)35)25(39)31-20(12-15-3-7-17(34)8-4-15)26(40)32-21(27(41)42)13-23(36)37/h1-8,18-21,33-34H,9-13,28H2,(H2,29,35)(H,30,38)(H,31,39)(H,32,40)(H,36,37)(H,41,42). The van der Waals surface area contributed by atoms with Gasteiger partial charge in [0.15, 0.2) is 0 Å². The summed E-state index contributed by atoms with van der Waals surface area (Å²) in [5.41, 5.74) is 12.3. The Morgan fingerprint density at radius 3 is 1.60 bits per heavy atom. The third kappa shape index (κ3) is 11.1. The van der Waals surface area contributed by atoms with E-state index in [2.05, 4.69) is 16.0 Å². The van der Waals surface area contributed by atoms with Crippen LogP contribution in [0.5, 0.6) is 11.5 Å². The van der Waals surface area contributed by atoms with Gasteiger partial charge in [-0.3, -0.25) is 24.0 Å². The van der Waals surface area contributed by atoms with E-state index in [1.54, 1.807) is 12.1 Å². The Morgan fingerprint density at radius 1 is 0.667 bits per heavy atom. The van der Waals surface area contributed by atoms with Gasteiger partial charge in [0, 0.05) is 12.8 Å². The largest absolute Gasteiger partial charge is 0.508 e. The highest BCUT2D eigenvalue weighted by Gasteiger charge is 2.31. The number of aliphatic carboxylic acids is 2. The monoisotopic (exact) mass is 587 g/mol. The van der Waals surface area contributed by atoms with Crippen LogP contribution in [-0.4, -0.2) is 80.2 Å². The predicted octanol–water partition coefficient (Wildman–Crippen LogP) is -1.51. The van der Waals surface area contributed by atoms with Crippen LogP contribution in [-0.2, 0) is 41.6 Å². The van der Waals surface area contributed by atoms with E-state index in [1.807, 2.05) is 0 Å². The van der Waals surface area contributed by atoms with Crippen molar-refractivity contribution >= 4 is 35.6 Å². The molecule has 0 bridgehead atoms. The first-order chi connectivity index (χ1) is 19.7. The maximum absolute atomic E-state index is 13.3. The maximum atomic E-state index is 13.3. The van der Waals surface area contributed by atoms with Gasteiger partial charge in [-0.2, -0.15) is 0 Å². The van der Waals surface area contributed by atoms with Crippen LogP contribution in [0.15, 0.2) is 48.5 Å². The lowest BCUT2D eigenvalue weighted by Gasteiger charge is -2.25. The average molecular weight is 588 g/mol. The molecular weight excluding hydrogens is 554 g/mol. The van der Waals surface area contributed by atoms with Gasteiger partial charge in [0.25, 0.3) is 0 Å². The second kappa shape index (κ2) is 15.6. The van der Waals surface area contributed by atoms with E-state index in [0.29, 0.717) is 11.1 Å². The zero-order chi connectivity index (χ0) is 31.4. The van der Waals surface area contributed by atoms with Crippen LogP contribution < -0.4 is 27.4 Å². The first kappa shape index (κ1) is 33.0. The van der Waals surface area contributed by atoms with Crippen molar-refractivity contribution in [1.29, 1.82) is 0 Å². The van der Waals surface area contributed by atoms with Crippen LogP contribution in [0.25, 0.3) is 0 Å². The molecule has 4 atom stereocenters. The van der Waals surface area contributed by atoms with Gasteiger partial charge in [0.05, 0.1) is 12.5 Å². The molecule has 15 heteroatoms. The topological polar surface area (TPSA) is 271 Å². The number of carbonyl (C=O) groups excluding carboxylic acids is 4. The van der Waals surface area contributed by atoms with Crippen LogP contribution >= 0.6 is 0 Å². The van der Waals surface area contributed by atoms with Crippen LogP contribution in [0, 0.1) is 0 Å². The molecule has 0 saturated carbocycles. The molecule has 2 aromatic rings. The number of hydrogen-bond donors (Lipinski definition) is 9. The zero-order valence-corrected chi connectivity index (χ0v) is 22.4. The third-order valence-corrected chi connectivity index (χ3v) is 6.04. The molecule has 0 fully saturated rings. The molecule has 4 amide bonds. The summed E-state index contributed by atoms with van der Waals surface area (Å²) in [6.45, 7) is 0. The predicted molar refractivity (Wildman–Crippen MR) is 146 cm³/mol. The summed E-state index contributed by atoms with van der Waals surface area (Å²) in [6, 6.07) is 5.68. The molecule has 0 aliphatic carbocycles. The summed E-state index contributed by atoms with van der Waals surface area (Å²) >= 11 is 0. The Morgan fingerprint density at radius 2 is 1.12 bits per heavy atom. The lowest BCUT2D eigenvalue weighted by molar-refractivity contribution is -0.147. The second-order valence-electron chi connectivity index (χ2n) is 9.47. The molecule has 0 saturated heterocycles. The number of carboxylic acids is 2. The summed E-state index contributed by atoms with van der Waals surface area (Å²) in [7, 11) is 0. The number of benzene rings is 2. The number of carboxylic acid groups (broad SMARTS) is 2. The molecule has 11 N–H and O–H groups in total. The highest BCUT2D eigenvalue weighted by atomic mass is 16.4. The van der Waals surface area contributed by atoms with E-state index in [9.17, 15) is 44.1 Å². The second-order valence-corrected chi connectivity index (χ2v) is 9.47. The lowest BCUT2D eigenvalue weighted by Crippen LogP contribution is -2.58. The van der Waals surface area contributed by atoms with E-state index >= 15 is 0 Å². The molecule has 0 aromatic heterocycles. The number of primary amides is 1. The minimum Gasteiger partial charge on any atom is -0.508 e. The van der Waals surface area contributed by atoms with Gasteiger partial charge in [0.1, 0.15) is 29.6 Å². The van der Waals surface area contributed by atoms with E-state index in [4.69, 9.17) is 16.6 Å². The van der Waals surface area contributed by atoms with Crippen molar-refractivity contribution < 1.29 is 49.2 Å². The molecule has 0 aliphatic rings. The first-order valence-corrected chi connectivity index (χ1v) is 12.7. The van der Waals surface area contributed by atoms with Crippen molar-refractivity contribution in [1.82, 2.24) is 16.0 Å². The van der Waals surface area contributed by atoms with Crippen LogP contribution in [0.3, 0.4) is 0 Å². The van der Waals surface area contributed by atoms with Crippen LogP contribution in [0.1, 0.15) is 30.4 Å². The number of nitrogens with two attached hydrogens (primary N) is 2. The van der Waals surface area contributed by atoms with Gasteiger partial charge in [-0.15, -0.1) is 0 Å². The SMILES string of the molecule is NC(=O)CCC(NC(=O)C(N)Cc1ccc(O)cc1)C(=O)NC(Cc1ccc(O)cc1)C(=O)NC(CC(=O)O)C(=O)O. The third-order valence-electron chi connectivity index (χ3n) is 6.04. The minimum atomic E-state index is -1.81.